The molecule has 0 fully saturated rings. The third-order valence-corrected chi connectivity index (χ3v) is 9.13. The second-order valence-electron chi connectivity index (χ2n) is 10.2. The van der Waals surface area contributed by atoms with E-state index in [1.165, 1.54) is 11.3 Å². The van der Waals surface area contributed by atoms with Crippen LogP contribution in [0.2, 0.25) is 0 Å². The minimum Gasteiger partial charge on any atom is -0.493 e. The van der Waals surface area contributed by atoms with Gasteiger partial charge in [0.05, 0.1) is 35.6 Å². The molecule has 222 valence electrons. The van der Waals surface area contributed by atoms with E-state index in [9.17, 15) is 9.59 Å². The number of rotatable bonds is 8. The lowest BCUT2D eigenvalue weighted by atomic mass is 9.96. The SMILES string of the molecule is CCOC(=O)C1=C(C)N=c2s/c(=C/c3cc(OC)c(OCc4cccc5ccccc45)cc3Br)c(=O)n2[C@H]1c1ccccc1. The first-order chi connectivity index (χ1) is 21.4. The molecule has 7 nitrogen and oxygen atoms in total. The normalized spacial score (nSPS) is 14.7. The second-order valence-corrected chi connectivity index (χ2v) is 12.0. The van der Waals surface area contributed by atoms with Gasteiger partial charge in [0.2, 0.25) is 0 Å². The number of carbonyl (C=O) groups excluding carboxylic acids is 1. The van der Waals surface area contributed by atoms with Crippen LogP contribution in [0.1, 0.15) is 36.6 Å². The maximum atomic E-state index is 14.0. The van der Waals surface area contributed by atoms with Crippen molar-refractivity contribution >= 4 is 50.1 Å². The molecule has 0 saturated carbocycles. The highest BCUT2D eigenvalue weighted by molar-refractivity contribution is 9.10. The number of nitrogens with zero attached hydrogens (tertiary/aromatic N) is 2. The summed E-state index contributed by atoms with van der Waals surface area (Å²) in [5.41, 5.74) is 3.24. The van der Waals surface area contributed by atoms with E-state index in [-0.39, 0.29) is 12.2 Å². The van der Waals surface area contributed by atoms with E-state index < -0.39 is 12.0 Å². The zero-order valence-electron chi connectivity index (χ0n) is 24.4. The minimum atomic E-state index is -0.656. The van der Waals surface area contributed by atoms with Crippen LogP contribution < -0.4 is 24.4 Å². The molecule has 1 aliphatic rings. The largest absolute Gasteiger partial charge is 0.493 e. The predicted molar refractivity (Wildman–Crippen MR) is 176 cm³/mol. The fourth-order valence-electron chi connectivity index (χ4n) is 5.39. The fourth-order valence-corrected chi connectivity index (χ4v) is 6.87. The summed E-state index contributed by atoms with van der Waals surface area (Å²) in [6, 6.07) is 26.9. The summed E-state index contributed by atoms with van der Waals surface area (Å²) in [5, 5.41) is 2.29. The van der Waals surface area contributed by atoms with Gasteiger partial charge in [0.1, 0.15) is 6.61 Å². The van der Waals surface area contributed by atoms with Crippen LogP contribution in [0.25, 0.3) is 16.8 Å². The molecule has 0 bridgehead atoms. The highest BCUT2D eigenvalue weighted by Crippen LogP contribution is 2.35. The number of carbonyl (C=O) groups is 1. The number of hydrogen-bond acceptors (Lipinski definition) is 7. The topological polar surface area (TPSA) is 79.1 Å². The molecule has 0 saturated heterocycles. The van der Waals surface area contributed by atoms with Crippen LogP contribution in [-0.4, -0.2) is 24.3 Å². The highest BCUT2D eigenvalue weighted by Gasteiger charge is 2.33. The van der Waals surface area contributed by atoms with Gasteiger partial charge in [-0.05, 0) is 59.5 Å². The molecule has 0 N–H and O–H groups in total. The third-order valence-electron chi connectivity index (χ3n) is 7.47. The van der Waals surface area contributed by atoms with Gasteiger partial charge in [0.25, 0.3) is 5.56 Å². The van der Waals surface area contributed by atoms with E-state index in [0.717, 1.165) is 31.9 Å². The van der Waals surface area contributed by atoms with Crippen molar-refractivity contribution in [1.29, 1.82) is 0 Å². The maximum absolute atomic E-state index is 14.0. The Bertz CT molecular complexity index is 2090. The first kappa shape index (κ1) is 29.6. The quantitative estimate of drug-likeness (QED) is 0.181. The van der Waals surface area contributed by atoms with Crippen molar-refractivity contribution in [3.8, 4) is 11.5 Å². The van der Waals surface area contributed by atoms with Gasteiger partial charge in [-0.2, -0.15) is 0 Å². The summed E-state index contributed by atoms with van der Waals surface area (Å²) in [5.74, 6) is 0.628. The summed E-state index contributed by atoms with van der Waals surface area (Å²) in [4.78, 5) is 32.2. The molecule has 2 heterocycles. The molecule has 0 amide bonds. The van der Waals surface area contributed by atoms with Crippen molar-refractivity contribution in [2.45, 2.75) is 26.5 Å². The van der Waals surface area contributed by atoms with Gasteiger partial charge in [-0.1, -0.05) is 100 Å². The van der Waals surface area contributed by atoms with E-state index in [1.807, 2.05) is 60.7 Å². The minimum absolute atomic E-state index is 0.221. The molecular formula is C35H29BrN2O5S. The Morgan fingerprint density at radius 2 is 1.77 bits per heavy atom. The van der Waals surface area contributed by atoms with Crippen molar-refractivity contribution in [3.05, 3.63) is 137 Å². The molecule has 0 unspecified atom stereocenters. The van der Waals surface area contributed by atoms with Crippen LogP contribution in [0.15, 0.2) is 110 Å². The molecule has 0 spiro atoms. The lowest BCUT2D eigenvalue weighted by molar-refractivity contribution is -0.139. The maximum Gasteiger partial charge on any atom is 0.338 e. The summed E-state index contributed by atoms with van der Waals surface area (Å²) >= 11 is 4.94. The monoisotopic (exact) mass is 668 g/mol. The highest BCUT2D eigenvalue weighted by atomic mass is 79.9. The van der Waals surface area contributed by atoms with Crippen LogP contribution in [0.3, 0.4) is 0 Å². The average Bonchev–Trinajstić information content (AvgIpc) is 3.34. The van der Waals surface area contributed by atoms with Gasteiger partial charge in [0, 0.05) is 4.47 Å². The number of benzene rings is 4. The lowest BCUT2D eigenvalue weighted by Crippen LogP contribution is -2.39. The van der Waals surface area contributed by atoms with E-state index in [0.29, 0.717) is 38.7 Å². The van der Waals surface area contributed by atoms with Gasteiger partial charge >= 0.3 is 5.97 Å². The number of aromatic nitrogens is 1. The van der Waals surface area contributed by atoms with Crippen LogP contribution in [0, 0.1) is 0 Å². The third kappa shape index (κ3) is 5.60. The Labute approximate surface area is 266 Å². The van der Waals surface area contributed by atoms with Crippen molar-refractivity contribution in [1.82, 2.24) is 4.57 Å². The zero-order valence-corrected chi connectivity index (χ0v) is 26.8. The molecule has 5 aromatic rings. The summed E-state index contributed by atoms with van der Waals surface area (Å²) in [7, 11) is 1.59. The Morgan fingerprint density at radius 3 is 2.55 bits per heavy atom. The fraction of sp³-hybridized carbons (Fsp3) is 0.171. The van der Waals surface area contributed by atoms with Crippen LogP contribution in [0.4, 0.5) is 0 Å². The van der Waals surface area contributed by atoms with Gasteiger partial charge in [-0.25, -0.2) is 9.79 Å². The molecule has 0 radical (unpaired) electrons. The van der Waals surface area contributed by atoms with E-state index in [1.54, 1.807) is 31.6 Å². The molecule has 44 heavy (non-hydrogen) atoms. The molecule has 9 heteroatoms. The summed E-state index contributed by atoms with van der Waals surface area (Å²) in [6.45, 7) is 4.12. The van der Waals surface area contributed by atoms with Crippen molar-refractivity contribution in [2.75, 3.05) is 13.7 Å². The molecule has 1 aliphatic heterocycles. The lowest BCUT2D eigenvalue weighted by Gasteiger charge is -2.24. The number of hydrogen-bond donors (Lipinski definition) is 0. The Morgan fingerprint density at radius 1 is 1.02 bits per heavy atom. The molecule has 6 rings (SSSR count). The molecule has 4 aromatic carbocycles. The van der Waals surface area contributed by atoms with E-state index in [2.05, 4.69) is 45.2 Å². The first-order valence-electron chi connectivity index (χ1n) is 14.1. The van der Waals surface area contributed by atoms with Crippen LogP contribution in [0.5, 0.6) is 11.5 Å². The first-order valence-corrected chi connectivity index (χ1v) is 15.7. The summed E-state index contributed by atoms with van der Waals surface area (Å²) < 4.78 is 20.1. The van der Waals surface area contributed by atoms with Crippen molar-refractivity contribution < 1.29 is 19.0 Å². The predicted octanol–water partition coefficient (Wildman–Crippen LogP) is 6.30. The van der Waals surface area contributed by atoms with Crippen molar-refractivity contribution in [2.24, 2.45) is 4.99 Å². The Hall–Kier alpha value is -4.47. The molecule has 0 aliphatic carbocycles. The van der Waals surface area contributed by atoms with E-state index >= 15 is 0 Å². The van der Waals surface area contributed by atoms with Gasteiger partial charge < -0.3 is 14.2 Å². The Balaban J connectivity index is 1.39. The zero-order chi connectivity index (χ0) is 30.8. The van der Waals surface area contributed by atoms with E-state index in [4.69, 9.17) is 14.2 Å². The standard InChI is InChI=1S/C35H29BrN2O5S/c1-4-42-34(40)31-21(2)37-35-38(32(31)23-12-6-5-7-13-23)33(39)30(44-35)18-25-17-28(41-3)29(19-27(25)36)43-20-24-15-10-14-22-11-8-9-16-26(22)24/h5-19,32H,4,20H2,1-3H3/b30-18+/t32-/m0/s1. The summed E-state index contributed by atoms with van der Waals surface area (Å²) in [6.07, 6.45) is 1.80. The van der Waals surface area contributed by atoms with Crippen LogP contribution >= 0.6 is 27.3 Å². The number of thiazole rings is 1. The number of ether oxygens (including phenoxy) is 3. The average molecular weight is 670 g/mol. The van der Waals surface area contributed by atoms with Gasteiger partial charge in [-0.15, -0.1) is 0 Å². The molecule has 1 aromatic heterocycles. The number of halogens is 1. The number of methoxy groups -OCH3 is 1. The Kier molecular flexibility index (Phi) is 8.50. The van der Waals surface area contributed by atoms with Crippen LogP contribution in [-0.2, 0) is 16.1 Å². The number of allylic oxidation sites excluding steroid dienone is 1. The molecular weight excluding hydrogens is 640 g/mol. The van der Waals surface area contributed by atoms with Gasteiger partial charge in [0.15, 0.2) is 16.3 Å². The smallest absolute Gasteiger partial charge is 0.338 e. The number of fused-ring (bicyclic) bond motifs is 2. The molecule has 1 atom stereocenters. The van der Waals surface area contributed by atoms with Crippen molar-refractivity contribution in [3.63, 3.8) is 0 Å². The second kappa shape index (κ2) is 12.6. The van der Waals surface area contributed by atoms with Gasteiger partial charge in [-0.3, -0.25) is 9.36 Å². The number of esters is 1.